The van der Waals surface area contributed by atoms with Crippen LogP contribution >= 0.6 is 10.6 Å². The maximum atomic E-state index is 12.9. The van der Waals surface area contributed by atoms with Crippen molar-refractivity contribution < 1.29 is 18.7 Å². The lowest BCUT2D eigenvalue weighted by Gasteiger charge is -2.37. The van der Waals surface area contributed by atoms with Gasteiger partial charge in [0.15, 0.2) is 0 Å². The largest absolute Gasteiger partial charge is 0.358 e. The first-order chi connectivity index (χ1) is 16.6. The van der Waals surface area contributed by atoms with Gasteiger partial charge < -0.3 is 20.5 Å². The predicted molar refractivity (Wildman–Crippen MR) is 146 cm³/mol. The molecule has 5 N–H and O–H groups in total. The molecule has 0 radical (unpaired) electrons. The van der Waals surface area contributed by atoms with E-state index < -0.39 is 15.8 Å². The molecular formula is C26H40N4O4S. The lowest BCUT2D eigenvalue weighted by molar-refractivity contribution is -0.116. The van der Waals surface area contributed by atoms with Crippen LogP contribution in [0.25, 0.3) is 6.08 Å². The van der Waals surface area contributed by atoms with E-state index in [1.807, 2.05) is 20.8 Å². The molecule has 1 atom stereocenters. The standard InChI is InChI=1S/C26H40N4O4S/c1-6-9-17-35(33,34)22-11-10-14-27-25(31)21(12-13-22)18-23-19(4)24(20(5)29-23)26(32)28-15-16-30(7-2)8-3/h6,9-10,12-14,18,22,29,33-34H,7-8,11,15-17H2,1-5H3,(H,27,31)(H,28,32). The number of likely N-dealkylation sites (N-methyl/N-ethyl adjacent to an activating group) is 1. The van der Waals surface area contributed by atoms with Crippen LogP contribution in [-0.4, -0.2) is 68.0 Å². The Bertz CT molecular complexity index is 1000. The number of aryl methyl sites for hydroxylation is 1. The van der Waals surface area contributed by atoms with Gasteiger partial charge in [0, 0.05) is 36.3 Å². The van der Waals surface area contributed by atoms with Crippen LogP contribution in [0.2, 0.25) is 0 Å². The van der Waals surface area contributed by atoms with Crippen LogP contribution in [-0.2, 0) is 4.79 Å². The molecule has 0 saturated carbocycles. The first-order valence-corrected chi connectivity index (χ1v) is 13.8. The van der Waals surface area contributed by atoms with E-state index in [0.717, 1.165) is 30.9 Å². The summed E-state index contributed by atoms with van der Waals surface area (Å²) in [6, 6.07) is 0. The van der Waals surface area contributed by atoms with Gasteiger partial charge in [-0.25, -0.2) is 0 Å². The minimum Gasteiger partial charge on any atom is -0.358 e. The van der Waals surface area contributed by atoms with Crippen LogP contribution in [0.3, 0.4) is 0 Å². The molecule has 0 spiro atoms. The average Bonchev–Trinajstić information content (AvgIpc) is 3.14. The summed E-state index contributed by atoms with van der Waals surface area (Å²) in [6.45, 7) is 12.9. The van der Waals surface area contributed by atoms with Crippen molar-refractivity contribution in [2.24, 2.45) is 0 Å². The molecule has 2 rings (SSSR count). The van der Waals surface area contributed by atoms with Crippen LogP contribution in [0, 0.1) is 13.8 Å². The zero-order valence-corrected chi connectivity index (χ0v) is 22.2. The van der Waals surface area contributed by atoms with Gasteiger partial charge in [0.2, 0.25) is 0 Å². The number of H-pyrrole nitrogens is 1. The molecule has 0 aliphatic carbocycles. The van der Waals surface area contributed by atoms with Gasteiger partial charge in [-0.05, 0) is 51.9 Å². The molecule has 0 bridgehead atoms. The number of amides is 2. The molecule has 9 heteroatoms. The van der Waals surface area contributed by atoms with Gasteiger partial charge in [-0.3, -0.25) is 18.7 Å². The number of aromatic nitrogens is 1. The predicted octanol–water partition coefficient (Wildman–Crippen LogP) is 4.37. The fourth-order valence-electron chi connectivity index (χ4n) is 3.91. The maximum absolute atomic E-state index is 12.9. The Morgan fingerprint density at radius 2 is 2.00 bits per heavy atom. The molecule has 1 aliphatic heterocycles. The van der Waals surface area contributed by atoms with Crippen molar-refractivity contribution >= 4 is 28.5 Å². The lowest BCUT2D eigenvalue weighted by Crippen LogP contribution is -2.35. The number of aromatic amines is 1. The number of rotatable bonds is 10. The molecule has 2 amide bonds. The Hall–Kier alpha value is -2.59. The summed E-state index contributed by atoms with van der Waals surface area (Å²) in [7, 11) is -2.91. The highest BCUT2D eigenvalue weighted by atomic mass is 32.3. The Kier molecular flexibility index (Phi) is 11.0. The number of hydrogen-bond donors (Lipinski definition) is 5. The van der Waals surface area contributed by atoms with E-state index in [4.69, 9.17) is 0 Å². The van der Waals surface area contributed by atoms with Crippen molar-refractivity contribution in [1.82, 2.24) is 20.5 Å². The molecule has 1 unspecified atom stereocenters. The number of allylic oxidation sites excluding steroid dienone is 2. The summed E-state index contributed by atoms with van der Waals surface area (Å²) >= 11 is 0. The summed E-state index contributed by atoms with van der Waals surface area (Å²) in [5.74, 6) is -0.308. The quantitative estimate of drug-likeness (QED) is 0.240. The molecule has 0 fully saturated rings. The Balaban J connectivity index is 2.29. The van der Waals surface area contributed by atoms with E-state index in [9.17, 15) is 18.7 Å². The number of carbonyl (C=O) groups excluding carboxylic acids is 2. The van der Waals surface area contributed by atoms with Gasteiger partial charge in [-0.2, -0.15) is 10.6 Å². The fourth-order valence-corrected chi connectivity index (χ4v) is 5.38. The molecule has 0 aromatic carbocycles. The molecule has 1 aromatic heterocycles. The van der Waals surface area contributed by atoms with Crippen molar-refractivity contribution in [2.75, 3.05) is 31.9 Å². The van der Waals surface area contributed by atoms with E-state index in [2.05, 4.69) is 34.4 Å². The van der Waals surface area contributed by atoms with Crippen molar-refractivity contribution in [2.45, 2.75) is 46.3 Å². The first kappa shape index (κ1) is 28.6. The maximum Gasteiger partial charge on any atom is 0.255 e. The van der Waals surface area contributed by atoms with Crippen molar-refractivity contribution in [3.8, 4) is 0 Å². The fraction of sp³-hybridized carbons (Fsp3) is 0.462. The summed E-state index contributed by atoms with van der Waals surface area (Å²) in [5.41, 5.74) is 3.05. The van der Waals surface area contributed by atoms with Crippen LogP contribution < -0.4 is 10.6 Å². The third kappa shape index (κ3) is 7.96. The Labute approximate surface area is 210 Å². The second-order valence-electron chi connectivity index (χ2n) is 8.51. The second kappa shape index (κ2) is 13.5. The van der Waals surface area contributed by atoms with Gasteiger partial charge in [0.05, 0.1) is 16.6 Å². The molecule has 194 valence electrons. The molecule has 1 aliphatic rings. The van der Waals surface area contributed by atoms with E-state index >= 15 is 0 Å². The topological polar surface area (TPSA) is 118 Å². The summed E-state index contributed by atoms with van der Waals surface area (Å²) in [6.07, 6.45) is 12.2. The van der Waals surface area contributed by atoms with E-state index in [0.29, 0.717) is 29.8 Å². The number of hydrogen-bond acceptors (Lipinski definition) is 5. The van der Waals surface area contributed by atoms with Gasteiger partial charge in [-0.15, -0.1) is 0 Å². The van der Waals surface area contributed by atoms with Crippen molar-refractivity contribution in [3.05, 3.63) is 64.7 Å². The summed E-state index contributed by atoms with van der Waals surface area (Å²) in [4.78, 5) is 31.1. The third-order valence-electron chi connectivity index (χ3n) is 6.13. The summed E-state index contributed by atoms with van der Waals surface area (Å²) < 4.78 is 21.3. The van der Waals surface area contributed by atoms with E-state index in [-0.39, 0.29) is 17.6 Å². The van der Waals surface area contributed by atoms with E-state index in [1.165, 1.54) is 6.20 Å². The minimum atomic E-state index is -2.91. The van der Waals surface area contributed by atoms with Crippen LogP contribution in [0.4, 0.5) is 0 Å². The van der Waals surface area contributed by atoms with E-state index in [1.54, 1.807) is 36.5 Å². The highest BCUT2D eigenvalue weighted by molar-refractivity contribution is 8.25. The van der Waals surface area contributed by atoms with Crippen molar-refractivity contribution in [3.63, 3.8) is 0 Å². The molecular weight excluding hydrogens is 464 g/mol. The highest BCUT2D eigenvalue weighted by Crippen LogP contribution is 2.46. The minimum absolute atomic E-state index is 0.150. The number of carbonyl (C=O) groups is 2. The molecule has 35 heavy (non-hydrogen) atoms. The smallest absolute Gasteiger partial charge is 0.255 e. The van der Waals surface area contributed by atoms with Gasteiger partial charge in [0.25, 0.3) is 11.8 Å². The molecule has 2 heterocycles. The van der Waals surface area contributed by atoms with Crippen LogP contribution in [0.15, 0.2) is 42.2 Å². The molecule has 8 nitrogen and oxygen atoms in total. The Morgan fingerprint density at radius 1 is 1.29 bits per heavy atom. The van der Waals surface area contributed by atoms with Crippen LogP contribution in [0.1, 0.15) is 54.5 Å². The summed E-state index contributed by atoms with van der Waals surface area (Å²) in [5, 5.41) is 5.18. The van der Waals surface area contributed by atoms with Crippen molar-refractivity contribution in [1.29, 1.82) is 0 Å². The SMILES string of the molecule is CC=CCS(O)(O)C1C=CC(=Cc2[nH]c(C)c(C(=O)NCCN(CC)CC)c2C)C(=O)NC=CC1. The van der Waals surface area contributed by atoms with Crippen LogP contribution in [0.5, 0.6) is 0 Å². The van der Waals surface area contributed by atoms with Gasteiger partial charge in [0.1, 0.15) is 0 Å². The number of nitrogens with zero attached hydrogens (tertiary/aromatic N) is 1. The lowest BCUT2D eigenvalue weighted by atomic mass is 10.1. The van der Waals surface area contributed by atoms with Gasteiger partial charge in [-0.1, -0.05) is 44.2 Å². The van der Waals surface area contributed by atoms with Gasteiger partial charge >= 0.3 is 0 Å². The first-order valence-electron chi connectivity index (χ1n) is 12.1. The normalized spacial score (nSPS) is 18.6. The zero-order chi connectivity index (χ0) is 26.0. The highest BCUT2D eigenvalue weighted by Gasteiger charge is 2.23. The number of nitrogens with one attached hydrogen (secondary N) is 3. The molecule has 0 saturated heterocycles. The zero-order valence-electron chi connectivity index (χ0n) is 21.4. The Morgan fingerprint density at radius 3 is 2.66 bits per heavy atom. The third-order valence-corrected chi connectivity index (χ3v) is 8.13. The second-order valence-corrected chi connectivity index (χ2v) is 10.9. The average molecular weight is 505 g/mol. The molecule has 1 aromatic rings. The monoisotopic (exact) mass is 504 g/mol.